The zero-order valence-electron chi connectivity index (χ0n) is 23.6. The van der Waals surface area contributed by atoms with E-state index in [1.807, 2.05) is 52.5 Å². The predicted molar refractivity (Wildman–Crippen MR) is 158 cm³/mol. The summed E-state index contributed by atoms with van der Waals surface area (Å²) < 4.78 is 32.9. The summed E-state index contributed by atoms with van der Waals surface area (Å²) >= 11 is 1.43. The molecular formula is C30H34F2N6OS. The van der Waals surface area contributed by atoms with Gasteiger partial charge in [-0.05, 0) is 49.6 Å². The lowest BCUT2D eigenvalue weighted by Crippen LogP contribution is -2.50. The van der Waals surface area contributed by atoms with E-state index in [0.29, 0.717) is 47.1 Å². The van der Waals surface area contributed by atoms with Crippen molar-refractivity contribution >= 4 is 28.6 Å². The molecule has 0 saturated carbocycles. The highest BCUT2D eigenvalue weighted by atomic mass is 32.2. The molecule has 1 aromatic carbocycles. The molecule has 1 saturated heterocycles. The largest absolute Gasteiger partial charge is 0.355 e. The summed E-state index contributed by atoms with van der Waals surface area (Å²) in [7, 11) is 0. The number of anilines is 1. The number of pyridine rings is 2. The molecule has 210 valence electrons. The number of fused-ring (bicyclic) bond motifs is 1. The van der Waals surface area contributed by atoms with E-state index >= 15 is 8.78 Å². The van der Waals surface area contributed by atoms with Crippen molar-refractivity contribution in [1.82, 2.24) is 24.8 Å². The van der Waals surface area contributed by atoms with Gasteiger partial charge in [-0.2, -0.15) is 4.98 Å². The van der Waals surface area contributed by atoms with Crippen molar-refractivity contribution in [2.75, 3.05) is 24.5 Å². The smallest absolute Gasteiger partial charge is 0.351 e. The Hall–Kier alpha value is -3.37. The van der Waals surface area contributed by atoms with Crippen LogP contribution in [0, 0.1) is 18.6 Å². The Balaban J connectivity index is 1.90. The van der Waals surface area contributed by atoms with Crippen LogP contribution >= 0.6 is 11.8 Å². The molecule has 0 amide bonds. The number of hydrogen-bond acceptors (Lipinski definition) is 7. The van der Waals surface area contributed by atoms with Gasteiger partial charge < -0.3 is 10.2 Å². The second-order valence-corrected chi connectivity index (χ2v) is 12.4. The third-order valence-corrected chi connectivity index (χ3v) is 8.14. The molecule has 0 unspecified atom stereocenters. The van der Waals surface area contributed by atoms with Gasteiger partial charge in [-0.25, -0.2) is 23.1 Å². The SMILES string of the molecule is Cc1ccnc(C(C)C)c1-n1c(=O)nc(N2CCNC[C@@H]2C)c2cc(F)c(-c3c(F)cccc3SC(C)C)nc21. The number of rotatable bonds is 6. The molecule has 1 aliphatic rings. The number of thioether (sulfide) groups is 1. The Labute approximate surface area is 237 Å². The zero-order chi connectivity index (χ0) is 28.7. The number of halogens is 2. The topological polar surface area (TPSA) is 75.9 Å². The molecule has 4 heterocycles. The van der Waals surface area contributed by atoms with Crippen molar-refractivity contribution in [3.05, 3.63) is 69.9 Å². The number of benzene rings is 1. The fraction of sp³-hybridized carbons (Fsp3) is 0.400. The maximum atomic E-state index is 16.1. The summed E-state index contributed by atoms with van der Waals surface area (Å²) in [5, 5.41) is 3.87. The summed E-state index contributed by atoms with van der Waals surface area (Å²) in [6, 6.07) is 7.88. The molecule has 5 rings (SSSR count). The highest BCUT2D eigenvalue weighted by Gasteiger charge is 2.28. The van der Waals surface area contributed by atoms with Gasteiger partial charge in [-0.15, -0.1) is 11.8 Å². The van der Waals surface area contributed by atoms with Gasteiger partial charge in [0.25, 0.3) is 0 Å². The number of nitrogens with zero attached hydrogens (tertiary/aromatic N) is 5. The van der Waals surface area contributed by atoms with Gasteiger partial charge in [0, 0.05) is 42.0 Å². The lowest BCUT2D eigenvalue weighted by Gasteiger charge is -2.35. The van der Waals surface area contributed by atoms with Gasteiger partial charge in [0.15, 0.2) is 11.5 Å². The Morgan fingerprint density at radius 3 is 2.58 bits per heavy atom. The molecule has 10 heteroatoms. The van der Waals surface area contributed by atoms with Crippen LogP contribution in [0.5, 0.6) is 0 Å². The van der Waals surface area contributed by atoms with Crippen molar-refractivity contribution in [2.45, 2.75) is 63.6 Å². The third kappa shape index (κ3) is 5.10. The van der Waals surface area contributed by atoms with Crippen LogP contribution in [0.1, 0.15) is 51.8 Å². The molecule has 7 nitrogen and oxygen atoms in total. The highest BCUT2D eigenvalue weighted by Crippen LogP contribution is 2.38. The molecule has 0 spiro atoms. The summed E-state index contributed by atoms with van der Waals surface area (Å²) in [4.78, 5) is 30.3. The predicted octanol–water partition coefficient (Wildman–Crippen LogP) is 5.85. The molecule has 3 aromatic heterocycles. The number of hydrogen-bond donors (Lipinski definition) is 1. The Morgan fingerprint density at radius 1 is 1.10 bits per heavy atom. The normalized spacial score (nSPS) is 15.9. The average Bonchev–Trinajstić information content (AvgIpc) is 2.89. The van der Waals surface area contributed by atoms with Crippen LogP contribution < -0.4 is 15.9 Å². The van der Waals surface area contributed by atoms with Crippen LogP contribution in [-0.4, -0.2) is 50.4 Å². The van der Waals surface area contributed by atoms with Crippen molar-refractivity contribution in [3.63, 3.8) is 0 Å². The fourth-order valence-corrected chi connectivity index (χ4v) is 6.21. The lowest BCUT2D eigenvalue weighted by atomic mass is 10.0. The molecule has 1 atom stereocenters. The Kier molecular flexibility index (Phi) is 7.92. The van der Waals surface area contributed by atoms with Crippen LogP contribution in [0.2, 0.25) is 0 Å². The first-order valence-corrected chi connectivity index (χ1v) is 14.5. The monoisotopic (exact) mass is 564 g/mol. The van der Waals surface area contributed by atoms with E-state index in [2.05, 4.69) is 15.3 Å². The van der Waals surface area contributed by atoms with Crippen molar-refractivity contribution < 1.29 is 8.78 Å². The van der Waals surface area contributed by atoms with E-state index in [-0.39, 0.29) is 34.1 Å². The maximum absolute atomic E-state index is 16.1. The Morgan fingerprint density at radius 2 is 1.88 bits per heavy atom. The van der Waals surface area contributed by atoms with Gasteiger partial charge in [0.2, 0.25) is 0 Å². The van der Waals surface area contributed by atoms with Crippen LogP contribution in [0.15, 0.2) is 46.2 Å². The number of aryl methyl sites for hydroxylation is 1. The van der Waals surface area contributed by atoms with E-state index in [1.165, 1.54) is 28.5 Å². The van der Waals surface area contributed by atoms with E-state index in [0.717, 1.165) is 5.56 Å². The molecule has 0 radical (unpaired) electrons. The highest BCUT2D eigenvalue weighted by molar-refractivity contribution is 8.00. The van der Waals surface area contributed by atoms with Gasteiger partial charge >= 0.3 is 5.69 Å². The first kappa shape index (κ1) is 28.2. The minimum absolute atomic E-state index is 0.00903. The molecule has 0 aliphatic carbocycles. The zero-order valence-corrected chi connectivity index (χ0v) is 24.4. The second kappa shape index (κ2) is 11.2. The first-order chi connectivity index (χ1) is 19.1. The third-order valence-electron chi connectivity index (χ3n) is 7.07. The number of nitrogens with one attached hydrogen (secondary N) is 1. The number of piperazine rings is 1. The first-order valence-electron chi connectivity index (χ1n) is 13.6. The fourth-order valence-electron chi connectivity index (χ4n) is 5.23. The molecule has 1 fully saturated rings. The quantitative estimate of drug-likeness (QED) is 0.295. The molecule has 4 aromatic rings. The van der Waals surface area contributed by atoms with Crippen LogP contribution in [0.4, 0.5) is 14.6 Å². The van der Waals surface area contributed by atoms with Gasteiger partial charge in [-0.3, -0.25) is 4.98 Å². The van der Waals surface area contributed by atoms with Gasteiger partial charge in [-0.1, -0.05) is 33.8 Å². The van der Waals surface area contributed by atoms with Crippen molar-refractivity contribution in [3.8, 4) is 16.9 Å². The average molecular weight is 565 g/mol. The summed E-state index contributed by atoms with van der Waals surface area (Å²) in [5.74, 6) is -0.881. The van der Waals surface area contributed by atoms with E-state index in [9.17, 15) is 4.79 Å². The van der Waals surface area contributed by atoms with E-state index in [1.54, 1.807) is 18.3 Å². The van der Waals surface area contributed by atoms with Crippen molar-refractivity contribution in [2.24, 2.45) is 0 Å². The molecule has 1 aliphatic heterocycles. The Bertz CT molecular complexity index is 1640. The lowest BCUT2D eigenvalue weighted by molar-refractivity contribution is 0.497. The van der Waals surface area contributed by atoms with E-state index in [4.69, 9.17) is 4.98 Å². The summed E-state index contributed by atoms with van der Waals surface area (Å²) in [6.45, 7) is 13.9. The number of aromatic nitrogens is 4. The minimum Gasteiger partial charge on any atom is -0.351 e. The van der Waals surface area contributed by atoms with Gasteiger partial charge in [0.1, 0.15) is 17.3 Å². The molecule has 40 heavy (non-hydrogen) atoms. The molecular weight excluding hydrogens is 530 g/mol. The standard InChI is InChI=1S/C30H34F2N6OS/c1-16(2)25-27(18(5)10-11-34-25)38-29-20(28(36-30(38)39)37-13-12-33-15-19(37)6)14-22(32)26(35-29)24-21(31)8-7-9-23(24)40-17(3)4/h7-11,14,16-17,19,33H,12-13,15H2,1-6H3/t19-/m0/s1. The van der Waals surface area contributed by atoms with Gasteiger partial charge in [0.05, 0.1) is 22.3 Å². The molecule has 0 bridgehead atoms. The van der Waals surface area contributed by atoms with Crippen molar-refractivity contribution in [1.29, 1.82) is 0 Å². The van der Waals surface area contributed by atoms with E-state index < -0.39 is 17.3 Å². The molecule has 1 N–H and O–H groups in total. The van der Waals surface area contributed by atoms with Crippen LogP contribution in [0.3, 0.4) is 0 Å². The minimum atomic E-state index is -0.675. The summed E-state index contributed by atoms with van der Waals surface area (Å²) in [5.41, 5.74) is 1.70. The van der Waals surface area contributed by atoms with Crippen LogP contribution in [0.25, 0.3) is 28.0 Å². The summed E-state index contributed by atoms with van der Waals surface area (Å²) in [6.07, 6.45) is 1.71. The maximum Gasteiger partial charge on any atom is 0.355 e. The second-order valence-electron chi connectivity index (χ2n) is 10.8. The van der Waals surface area contributed by atoms with Crippen LogP contribution in [-0.2, 0) is 0 Å².